The van der Waals surface area contributed by atoms with Crippen molar-refractivity contribution in [2.75, 3.05) is 39.9 Å². The molecule has 1 aromatic carbocycles. The summed E-state index contributed by atoms with van der Waals surface area (Å²) in [4.78, 5) is 20.1. The summed E-state index contributed by atoms with van der Waals surface area (Å²) < 4.78 is 5.62. The van der Waals surface area contributed by atoms with E-state index in [0.29, 0.717) is 25.7 Å². The molecular formula is C26H35N3O2. The molecule has 0 aliphatic carbocycles. The average molecular weight is 422 g/mol. The second-order valence-electron chi connectivity index (χ2n) is 9.24. The maximum absolute atomic E-state index is 13.4. The van der Waals surface area contributed by atoms with Crippen LogP contribution in [-0.4, -0.2) is 55.7 Å². The van der Waals surface area contributed by atoms with Crippen LogP contribution in [0.1, 0.15) is 48.4 Å². The number of nitrogens with zero attached hydrogens (tertiary/aromatic N) is 2. The van der Waals surface area contributed by atoms with Crippen molar-refractivity contribution >= 4 is 5.91 Å². The van der Waals surface area contributed by atoms with Gasteiger partial charge in [-0.15, -0.1) is 0 Å². The van der Waals surface area contributed by atoms with Gasteiger partial charge in [0.1, 0.15) is 0 Å². The van der Waals surface area contributed by atoms with E-state index in [1.807, 2.05) is 18.2 Å². The number of nitrogens with one attached hydrogen (secondary N) is 1. The molecule has 0 spiro atoms. The Hall–Kier alpha value is -2.24. The fourth-order valence-electron chi connectivity index (χ4n) is 5.07. The molecule has 2 fully saturated rings. The molecule has 1 unspecified atom stereocenters. The number of benzene rings is 1. The summed E-state index contributed by atoms with van der Waals surface area (Å²) in [5, 5.41) is 3.20. The van der Waals surface area contributed by atoms with Crippen molar-refractivity contribution in [3.63, 3.8) is 0 Å². The van der Waals surface area contributed by atoms with Crippen molar-refractivity contribution in [3.8, 4) is 0 Å². The molecule has 1 atom stereocenters. The molecule has 5 nitrogen and oxygen atoms in total. The number of pyridine rings is 1. The van der Waals surface area contributed by atoms with Crippen LogP contribution in [0.5, 0.6) is 0 Å². The second-order valence-corrected chi connectivity index (χ2v) is 9.24. The highest BCUT2D eigenvalue weighted by atomic mass is 16.5. The summed E-state index contributed by atoms with van der Waals surface area (Å²) in [7, 11) is 2.21. The maximum Gasteiger partial charge on any atom is 0.226 e. The number of hydrogen-bond acceptors (Lipinski definition) is 4. The molecule has 5 heteroatoms. The highest BCUT2D eigenvalue weighted by Gasteiger charge is 2.40. The average Bonchev–Trinajstić information content (AvgIpc) is 2.80. The number of rotatable bonds is 7. The topological polar surface area (TPSA) is 54.5 Å². The maximum atomic E-state index is 13.4. The highest BCUT2D eigenvalue weighted by Crippen LogP contribution is 2.36. The summed E-state index contributed by atoms with van der Waals surface area (Å²) in [6, 6.07) is 14.9. The predicted octanol–water partition coefficient (Wildman–Crippen LogP) is 3.59. The zero-order chi connectivity index (χ0) is 21.5. The largest absolute Gasteiger partial charge is 0.381 e. The SMILES string of the molecule is CN1CCCC(c2cccc(CC3(C(=O)NCCc4ccccn4)CCOCC3)c2)C1. The molecule has 0 radical (unpaired) electrons. The van der Waals surface area contributed by atoms with E-state index >= 15 is 0 Å². The standard InChI is InChI=1S/C26H35N3O2/c1-29-15-5-8-23(20-29)22-7-4-6-21(18-22)19-26(11-16-31-17-12-26)25(30)28-14-10-24-9-2-3-13-27-24/h2-4,6-7,9,13,18,23H,5,8,10-12,14-17,19-20H2,1H3,(H,28,30). The van der Waals surface area contributed by atoms with E-state index in [9.17, 15) is 4.79 Å². The van der Waals surface area contributed by atoms with Gasteiger partial charge in [-0.25, -0.2) is 0 Å². The zero-order valence-corrected chi connectivity index (χ0v) is 18.7. The molecule has 2 aliphatic heterocycles. The van der Waals surface area contributed by atoms with Crippen LogP contribution in [0.2, 0.25) is 0 Å². The Morgan fingerprint density at radius 1 is 1.23 bits per heavy atom. The van der Waals surface area contributed by atoms with Gasteiger partial charge >= 0.3 is 0 Å². The lowest BCUT2D eigenvalue weighted by Gasteiger charge is -2.36. The quantitative estimate of drug-likeness (QED) is 0.742. The van der Waals surface area contributed by atoms with Crippen LogP contribution in [0.4, 0.5) is 0 Å². The number of piperidine rings is 1. The molecule has 3 heterocycles. The van der Waals surface area contributed by atoms with Gasteiger partial charge in [0.05, 0.1) is 5.41 Å². The summed E-state index contributed by atoms with van der Waals surface area (Å²) in [6.07, 6.45) is 7.39. The van der Waals surface area contributed by atoms with E-state index in [-0.39, 0.29) is 11.3 Å². The molecule has 1 N–H and O–H groups in total. The molecule has 2 saturated heterocycles. The summed E-state index contributed by atoms with van der Waals surface area (Å²) in [5.41, 5.74) is 3.31. The van der Waals surface area contributed by atoms with E-state index in [1.165, 1.54) is 30.5 Å². The summed E-state index contributed by atoms with van der Waals surface area (Å²) in [5.74, 6) is 0.756. The fourth-order valence-corrected chi connectivity index (χ4v) is 5.07. The van der Waals surface area contributed by atoms with Crippen molar-refractivity contribution in [3.05, 3.63) is 65.5 Å². The van der Waals surface area contributed by atoms with Crippen LogP contribution in [0.15, 0.2) is 48.7 Å². The molecule has 4 rings (SSSR count). The first-order chi connectivity index (χ1) is 15.1. The Kier molecular flexibility index (Phi) is 7.36. The van der Waals surface area contributed by atoms with Crippen LogP contribution in [0, 0.1) is 5.41 Å². The Morgan fingerprint density at radius 3 is 2.87 bits per heavy atom. The minimum atomic E-state index is -0.385. The molecule has 2 aliphatic rings. The first-order valence-electron chi connectivity index (χ1n) is 11.7. The van der Waals surface area contributed by atoms with Crippen LogP contribution >= 0.6 is 0 Å². The third-order valence-electron chi connectivity index (χ3n) is 6.91. The van der Waals surface area contributed by atoms with Crippen molar-refractivity contribution in [2.24, 2.45) is 5.41 Å². The zero-order valence-electron chi connectivity index (χ0n) is 18.7. The summed E-state index contributed by atoms with van der Waals surface area (Å²) >= 11 is 0. The minimum absolute atomic E-state index is 0.162. The van der Waals surface area contributed by atoms with Crippen molar-refractivity contribution < 1.29 is 9.53 Å². The number of likely N-dealkylation sites (tertiary alicyclic amines) is 1. The third-order valence-corrected chi connectivity index (χ3v) is 6.91. The van der Waals surface area contributed by atoms with Gasteiger partial charge in [-0.1, -0.05) is 30.3 Å². The predicted molar refractivity (Wildman–Crippen MR) is 123 cm³/mol. The van der Waals surface area contributed by atoms with Crippen LogP contribution in [0.3, 0.4) is 0 Å². The number of carbonyl (C=O) groups is 1. The van der Waals surface area contributed by atoms with E-state index < -0.39 is 0 Å². The van der Waals surface area contributed by atoms with Gasteiger partial charge in [0.15, 0.2) is 0 Å². The van der Waals surface area contributed by atoms with Crippen LogP contribution in [0.25, 0.3) is 0 Å². The Bertz CT molecular complexity index is 849. The second kappa shape index (κ2) is 10.4. The van der Waals surface area contributed by atoms with Gasteiger partial charge < -0.3 is 15.0 Å². The molecule has 2 aromatic rings. The number of ether oxygens (including phenoxy) is 1. The van der Waals surface area contributed by atoms with E-state index in [1.54, 1.807) is 6.20 Å². The Labute approximate surface area is 186 Å². The lowest BCUT2D eigenvalue weighted by atomic mass is 9.74. The molecule has 0 bridgehead atoms. The lowest BCUT2D eigenvalue weighted by molar-refractivity contribution is -0.136. The first-order valence-corrected chi connectivity index (χ1v) is 11.7. The fraction of sp³-hybridized carbons (Fsp3) is 0.538. The third kappa shape index (κ3) is 5.72. The Balaban J connectivity index is 1.43. The van der Waals surface area contributed by atoms with Crippen LogP contribution in [-0.2, 0) is 22.4 Å². The number of aromatic nitrogens is 1. The van der Waals surface area contributed by atoms with Crippen LogP contribution < -0.4 is 5.32 Å². The number of hydrogen-bond donors (Lipinski definition) is 1. The van der Waals surface area contributed by atoms with E-state index in [2.05, 4.69) is 46.5 Å². The van der Waals surface area contributed by atoms with E-state index in [4.69, 9.17) is 4.74 Å². The summed E-state index contributed by atoms with van der Waals surface area (Å²) in [6.45, 7) is 4.24. The van der Waals surface area contributed by atoms with Crippen molar-refractivity contribution in [2.45, 2.75) is 44.4 Å². The monoisotopic (exact) mass is 421 g/mol. The molecular weight excluding hydrogens is 386 g/mol. The molecule has 166 valence electrons. The van der Waals surface area contributed by atoms with Gasteiger partial charge in [0.2, 0.25) is 5.91 Å². The lowest BCUT2D eigenvalue weighted by Crippen LogP contribution is -2.46. The van der Waals surface area contributed by atoms with E-state index in [0.717, 1.165) is 37.9 Å². The first kappa shape index (κ1) is 22.0. The van der Waals surface area contributed by atoms with Crippen molar-refractivity contribution in [1.82, 2.24) is 15.2 Å². The van der Waals surface area contributed by atoms with Gasteiger partial charge in [-0.3, -0.25) is 9.78 Å². The molecule has 1 aromatic heterocycles. The van der Waals surface area contributed by atoms with Gasteiger partial charge in [-0.05, 0) is 74.9 Å². The van der Waals surface area contributed by atoms with Gasteiger partial charge in [0.25, 0.3) is 0 Å². The number of carbonyl (C=O) groups excluding carboxylic acids is 1. The van der Waals surface area contributed by atoms with Crippen molar-refractivity contribution in [1.29, 1.82) is 0 Å². The van der Waals surface area contributed by atoms with Gasteiger partial charge in [0, 0.05) is 44.6 Å². The normalized spacial score (nSPS) is 21.5. The van der Waals surface area contributed by atoms with Gasteiger partial charge in [-0.2, -0.15) is 0 Å². The highest BCUT2D eigenvalue weighted by molar-refractivity contribution is 5.83. The minimum Gasteiger partial charge on any atom is -0.381 e. The molecule has 1 amide bonds. The molecule has 31 heavy (non-hydrogen) atoms. The number of amides is 1. The smallest absolute Gasteiger partial charge is 0.226 e. The molecule has 0 saturated carbocycles. The Morgan fingerprint density at radius 2 is 2.10 bits per heavy atom. The number of likely N-dealkylation sites (N-methyl/N-ethyl adjacent to an activating group) is 1.